The second kappa shape index (κ2) is 17.5. The van der Waals surface area contributed by atoms with Crippen molar-refractivity contribution < 1.29 is 29.1 Å². The summed E-state index contributed by atoms with van der Waals surface area (Å²) < 4.78 is 0. The standard InChI is InChI=1S/C31H45N5O6/c32-21-33-17-6-10-27(31(42)34-24-13-11-22(20-37)12-14-24)35-30(41)26(23-7-3-4-8-23)19-25(38)9-2-1-5-18-36-28(39)15-16-29(36)40/h11-16,23,26-27,33,37H,1-10,17-21,32H2,(H,34,42)(H,35,41)/t26-,27-/m0/s1. The smallest absolute Gasteiger partial charge is 0.253 e. The number of nitrogens with zero attached hydrogens (tertiary/aromatic N) is 1. The van der Waals surface area contributed by atoms with Gasteiger partial charge in [-0.05, 0) is 68.7 Å². The van der Waals surface area contributed by atoms with Gasteiger partial charge in [-0.1, -0.05) is 31.4 Å². The van der Waals surface area contributed by atoms with E-state index in [1.807, 2.05) is 0 Å². The number of carbonyl (C=O) groups excluding carboxylic acids is 5. The first kappa shape index (κ1) is 33.1. The first-order valence-corrected chi connectivity index (χ1v) is 15.1. The summed E-state index contributed by atoms with van der Waals surface area (Å²) >= 11 is 0. The number of benzene rings is 1. The Hall–Kier alpha value is -3.41. The molecule has 0 bridgehead atoms. The largest absolute Gasteiger partial charge is 0.392 e. The number of nitrogens with two attached hydrogens (primary N) is 1. The minimum atomic E-state index is -0.779. The second-order valence-electron chi connectivity index (χ2n) is 11.1. The maximum absolute atomic E-state index is 13.6. The van der Waals surface area contributed by atoms with E-state index in [-0.39, 0.29) is 48.4 Å². The normalized spacial score (nSPS) is 16.6. The molecule has 0 unspecified atom stereocenters. The third kappa shape index (κ3) is 10.5. The van der Waals surface area contributed by atoms with Crippen molar-refractivity contribution in [3.63, 3.8) is 0 Å². The number of rotatable bonds is 19. The predicted molar refractivity (Wildman–Crippen MR) is 159 cm³/mol. The van der Waals surface area contributed by atoms with E-state index in [1.165, 1.54) is 17.1 Å². The monoisotopic (exact) mass is 583 g/mol. The average Bonchev–Trinajstić information content (AvgIpc) is 3.63. The summed E-state index contributed by atoms with van der Waals surface area (Å²) in [6.07, 6.45) is 9.75. The molecule has 0 spiro atoms. The Morgan fingerprint density at radius 2 is 1.64 bits per heavy atom. The molecule has 0 saturated heterocycles. The lowest BCUT2D eigenvalue weighted by Gasteiger charge is -2.26. The summed E-state index contributed by atoms with van der Waals surface area (Å²) in [7, 11) is 0. The van der Waals surface area contributed by atoms with Crippen molar-refractivity contribution in [2.24, 2.45) is 17.6 Å². The maximum Gasteiger partial charge on any atom is 0.253 e. The van der Waals surface area contributed by atoms with Crippen LogP contribution >= 0.6 is 0 Å². The van der Waals surface area contributed by atoms with Crippen LogP contribution in [0.15, 0.2) is 36.4 Å². The van der Waals surface area contributed by atoms with Crippen LogP contribution in [-0.2, 0) is 30.6 Å². The number of imide groups is 1. The van der Waals surface area contributed by atoms with Crippen molar-refractivity contribution in [1.82, 2.24) is 15.5 Å². The Bertz CT molecular complexity index is 1080. The summed E-state index contributed by atoms with van der Waals surface area (Å²) in [6, 6.07) is 6.07. The molecule has 1 fully saturated rings. The van der Waals surface area contributed by atoms with Gasteiger partial charge in [-0.3, -0.25) is 28.9 Å². The summed E-state index contributed by atoms with van der Waals surface area (Å²) in [5.74, 6) is -1.60. The van der Waals surface area contributed by atoms with Crippen molar-refractivity contribution >= 4 is 35.1 Å². The zero-order valence-corrected chi connectivity index (χ0v) is 24.3. The van der Waals surface area contributed by atoms with Crippen LogP contribution in [0.1, 0.15) is 76.2 Å². The number of unbranched alkanes of at least 4 members (excludes halogenated alkanes) is 2. The number of aliphatic hydroxyl groups excluding tert-OH is 1. The Labute approximate surface area is 247 Å². The highest BCUT2D eigenvalue weighted by molar-refractivity contribution is 6.12. The van der Waals surface area contributed by atoms with Gasteiger partial charge in [-0.2, -0.15) is 0 Å². The first-order valence-electron chi connectivity index (χ1n) is 15.1. The van der Waals surface area contributed by atoms with E-state index in [2.05, 4.69) is 16.0 Å². The number of hydrogen-bond acceptors (Lipinski definition) is 8. The van der Waals surface area contributed by atoms with E-state index in [1.54, 1.807) is 24.3 Å². The van der Waals surface area contributed by atoms with Crippen LogP contribution in [0.4, 0.5) is 5.69 Å². The van der Waals surface area contributed by atoms with Crippen LogP contribution in [-0.4, -0.2) is 65.2 Å². The van der Waals surface area contributed by atoms with E-state index in [0.717, 1.165) is 31.2 Å². The molecular formula is C31H45N5O6. The average molecular weight is 584 g/mol. The van der Waals surface area contributed by atoms with Crippen LogP contribution in [0.3, 0.4) is 0 Å². The van der Waals surface area contributed by atoms with Gasteiger partial charge in [-0.25, -0.2) is 0 Å². The van der Waals surface area contributed by atoms with Crippen molar-refractivity contribution in [3.05, 3.63) is 42.0 Å². The van der Waals surface area contributed by atoms with Gasteiger partial charge in [0.15, 0.2) is 0 Å². The van der Waals surface area contributed by atoms with Crippen LogP contribution in [0.2, 0.25) is 0 Å². The fourth-order valence-electron chi connectivity index (χ4n) is 5.60. The lowest BCUT2D eigenvalue weighted by molar-refractivity contribution is -0.137. The molecule has 6 N–H and O–H groups in total. The molecule has 1 aliphatic heterocycles. The summed E-state index contributed by atoms with van der Waals surface area (Å²) in [6.45, 7) is 1.16. The zero-order valence-electron chi connectivity index (χ0n) is 24.3. The van der Waals surface area contributed by atoms with Gasteiger partial charge in [0.25, 0.3) is 11.8 Å². The molecule has 11 heteroatoms. The van der Waals surface area contributed by atoms with Crippen LogP contribution in [0.5, 0.6) is 0 Å². The van der Waals surface area contributed by atoms with Crippen molar-refractivity contribution in [1.29, 1.82) is 0 Å². The molecule has 2 aliphatic rings. The quantitative estimate of drug-likeness (QED) is 0.0937. The molecule has 230 valence electrons. The molecule has 11 nitrogen and oxygen atoms in total. The highest BCUT2D eigenvalue weighted by Gasteiger charge is 2.34. The fraction of sp³-hybridized carbons (Fsp3) is 0.581. The molecule has 1 saturated carbocycles. The predicted octanol–water partition coefficient (Wildman–Crippen LogP) is 2.14. The number of anilines is 1. The van der Waals surface area contributed by atoms with Gasteiger partial charge in [0.2, 0.25) is 11.8 Å². The highest BCUT2D eigenvalue weighted by atomic mass is 16.3. The molecule has 1 aromatic rings. The zero-order chi connectivity index (χ0) is 30.3. The summed E-state index contributed by atoms with van der Waals surface area (Å²) in [4.78, 5) is 64.4. The van der Waals surface area contributed by atoms with E-state index in [9.17, 15) is 29.1 Å². The Balaban J connectivity index is 1.56. The number of aliphatic hydroxyl groups is 1. The molecule has 0 radical (unpaired) electrons. The molecule has 4 amide bonds. The molecule has 0 aromatic heterocycles. The number of ketones is 1. The fourth-order valence-corrected chi connectivity index (χ4v) is 5.60. The van der Waals surface area contributed by atoms with Crippen LogP contribution in [0, 0.1) is 11.8 Å². The number of nitrogens with one attached hydrogen (secondary N) is 3. The van der Waals surface area contributed by atoms with Gasteiger partial charge < -0.3 is 26.8 Å². The van der Waals surface area contributed by atoms with E-state index in [4.69, 9.17) is 5.73 Å². The van der Waals surface area contributed by atoms with Gasteiger partial charge >= 0.3 is 0 Å². The van der Waals surface area contributed by atoms with Gasteiger partial charge in [0.05, 0.1) is 6.61 Å². The second-order valence-corrected chi connectivity index (χ2v) is 11.1. The molecule has 2 atom stereocenters. The molecule has 3 rings (SSSR count). The number of carbonyl (C=O) groups is 5. The Kier molecular flexibility index (Phi) is 13.8. The minimum absolute atomic E-state index is 0.00848. The van der Waals surface area contributed by atoms with Crippen LogP contribution in [0.25, 0.3) is 0 Å². The SMILES string of the molecule is NCNCCC[C@H](NC(=O)[C@@H](CC(=O)CCCCCN1C(=O)C=CC1=O)C1CCCC1)C(=O)Nc1ccc(CO)cc1. The number of amides is 4. The lowest BCUT2D eigenvalue weighted by atomic mass is 9.84. The van der Waals surface area contributed by atoms with E-state index >= 15 is 0 Å². The van der Waals surface area contributed by atoms with E-state index < -0.39 is 12.0 Å². The third-order valence-electron chi connectivity index (χ3n) is 8.02. The third-order valence-corrected chi connectivity index (χ3v) is 8.02. The van der Waals surface area contributed by atoms with E-state index in [0.29, 0.717) is 64.0 Å². The Morgan fingerprint density at radius 1 is 0.952 bits per heavy atom. The first-order chi connectivity index (χ1) is 20.3. The van der Waals surface area contributed by atoms with Crippen LogP contribution < -0.4 is 21.7 Å². The molecule has 42 heavy (non-hydrogen) atoms. The minimum Gasteiger partial charge on any atom is -0.392 e. The molecule has 1 aliphatic carbocycles. The number of Topliss-reactive ketones (excluding diaryl/α,β-unsaturated/α-hetero) is 1. The van der Waals surface area contributed by atoms with Crippen molar-refractivity contribution in [2.75, 3.05) is 25.1 Å². The lowest BCUT2D eigenvalue weighted by Crippen LogP contribution is -2.47. The van der Waals surface area contributed by atoms with Gasteiger partial charge in [0, 0.05) is 49.8 Å². The molecule has 1 heterocycles. The Morgan fingerprint density at radius 3 is 2.29 bits per heavy atom. The maximum atomic E-state index is 13.6. The van der Waals surface area contributed by atoms with Crippen molar-refractivity contribution in [3.8, 4) is 0 Å². The van der Waals surface area contributed by atoms with Crippen molar-refractivity contribution in [2.45, 2.75) is 83.3 Å². The molecule has 1 aromatic carbocycles. The number of hydrogen-bond donors (Lipinski definition) is 5. The highest BCUT2D eigenvalue weighted by Crippen LogP contribution is 2.34. The topological polar surface area (TPSA) is 171 Å². The summed E-state index contributed by atoms with van der Waals surface area (Å²) in [5, 5.41) is 18.1. The summed E-state index contributed by atoms with van der Waals surface area (Å²) in [5.41, 5.74) is 6.81. The van der Waals surface area contributed by atoms with Gasteiger partial charge in [0.1, 0.15) is 11.8 Å². The van der Waals surface area contributed by atoms with Gasteiger partial charge in [-0.15, -0.1) is 0 Å². The molecular weight excluding hydrogens is 538 g/mol.